The molecule has 4 saturated heterocycles. The first-order valence-electron chi connectivity index (χ1n) is 18.1. The number of hydrogen-bond acceptors (Lipinski definition) is 21. The number of rotatable bonds is 18. The zero-order chi connectivity index (χ0) is 39.0. The Kier molecular flexibility index (Phi) is 17.8. The van der Waals surface area contributed by atoms with Crippen LogP contribution >= 0.6 is 0 Å². The Hall–Kier alpha value is -0.840. The molecule has 53 heavy (non-hydrogen) atoms. The van der Waals surface area contributed by atoms with E-state index in [0.29, 0.717) is 13.0 Å². The lowest BCUT2D eigenvalue weighted by atomic mass is 9.95. The Bertz CT molecular complexity index is 1050. The van der Waals surface area contributed by atoms with Crippen LogP contribution in [0.15, 0.2) is 0 Å². The molecule has 0 saturated carbocycles. The highest BCUT2D eigenvalue weighted by atomic mass is 16.8. The van der Waals surface area contributed by atoms with Crippen molar-refractivity contribution in [1.82, 2.24) is 0 Å². The summed E-state index contributed by atoms with van der Waals surface area (Å²) in [6.45, 7) is -0.0739. The van der Waals surface area contributed by atoms with Gasteiger partial charge in [0.05, 0.1) is 25.9 Å². The van der Waals surface area contributed by atoms with Crippen LogP contribution in [0.25, 0.3) is 0 Å². The monoisotopic (exact) mass is 777 g/mol. The summed E-state index contributed by atoms with van der Waals surface area (Å²) >= 11 is 0. The Balaban J connectivity index is 1.49. The maximum Gasteiger partial charge on any atom is 0.187 e. The van der Waals surface area contributed by atoms with E-state index in [1.807, 2.05) is 0 Å². The molecule has 14 N–H and O–H groups in total. The zero-order valence-corrected chi connectivity index (χ0v) is 29.5. The summed E-state index contributed by atoms with van der Waals surface area (Å²) in [5, 5.41) is 126. The van der Waals surface area contributed by atoms with E-state index in [1.165, 1.54) is 6.92 Å². The number of ether oxygens (including phenoxy) is 8. The highest BCUT2D eigenvalue weighted by Crippen LogP contribution is 2.35. The van der Waals surface area contributed by atoms with Gasteiger partial charge in [-0.15, -0.1) is 0 Å². The first-order chi connectivity index (χ1) is 25.3. The average Bonchev–Trinajstić information content (AvgIpc) is 3.15. The largest absolute Gasteiger partial charge is 0.394 e. The summed E-state index contributed by atoms with van der Waals surface area (Å²) in [7, 11) is 0. The fourth-order valence-electron chi connectivity index (χ4n) is 6.78. The van der Waals surface area contributed by atoms with Crippen molar-refractivity contribution in [1.29, 1.82) is 0 Å². The van der Waals surface area contributed by atoms with Crippen molar-refractivity contribution in [3.8, 4) is 0 Å². The summed E-state index contributed by atoms with van der Waals surface area (Å²) in [5.41, 5.74) is 5.51. The van der Waals surface area contributed by atoms with Crippen molar-refractivity contribution in [2.45, 2.75) is 168 Å². The second-order valence-electron chi connectivity index (χ2n) is 13.9. The zero-order valence-electron chi connectivity index (χ0n) is 29.5. The van der Waals surface area contributed by atoms with Gasteiger partial charge in [0.2, 0.25) is 0 Å². The van der Waals surface area contributed by atoms with E-state index in [4.69, 9.17) is 43.6 Å². The second kappa shape index (κ2) is 21.1. The van der Waals surface area contributed by atoms with Crippen LogP contribution in [0.1, 0.15) is 45.4 Å². The number of hydrogen-bond donors (Lipinski definition) is 13. The van der Waals surface area contributed by atoms with Crippen LogP contribution in [-0.2, 0) is 37.9 Å². The third kappa shape index (κ3) is 10.8. The van der Waals surface area contributed by atoms with Crippen molar-refractivity contribution in [3.63, 3.8) is 0 Å². The minimum Gasteiger partial charge on any atom is -0.394 e. The van der Waals surface area contributed by atoms with E-state index in [9.17, 15) is 61.3 Å². The lowest BCUT2D eigenvalue weighted by Gasteiger charge is -2.50. The minimum atomic E-state index is -1.96. The molecule has 4 fully saturated rings. The van der Waals surface area contributed by atoms with Gasteiger partial charge < -0.3 is 105 Å². The predicted molar refractivity (Wildman–Crippen MR) is 173 cm³/mol. The van der Waals surface area contributed by atoms with Gasteiger partial charge in [0.1, 0.15) is 91.6 Å². The highest BCUT2D eigenvalue weighted by Gasteiger charge is 2.55. The van der Waals surface area contributed by atoms with E-state index >= 15 is 0 Å². The molecule has 0 aliphatic carbocycles. The maximum absolute atomic E-state index is 11.6. The summed E-state index contributed by atoms with van der Waals surface area (Å²) < 4.78 is 45.9. The molecule has 4 rings (SSSR count). The van der Waals surface area contributed by atoms with Crippen molar-refractivity contribution in [2.75, 3.05) is 33.0 Å². The standard InChI is InChI=1S/C32H59NO20/c1-13-26(51-30-22(42)19(39)17(37)14(10-34)48-30)28(53-31-23(43)20(40)18(38)15(11-35)49-31)25(45)32(47-13)52-27-16(12-36)50-29(24(44)21(27)41)46-9-7-5-3-2-4-6-8-33/h13-32,34-45H,2-12,33H2,1H3/t13?,14?,15-,16?,17-,18-,19-,20?,21+,22?,23?,24?,25?,26-,27+,28+,29+,30-,31+,32+/m0/s1. The van der Waals surface area contributed by atoms with E-state index in [2.05, 4.69) is 0 Å². The molecule has 0 spiro atoms. The molecule has 21 heteroatoms. The molecule has 0 radical (unpaired) electrons. The Morgan fingerprint density at radius 3 is 1.40 bits per heavy atom. The van der Waals surface area contributed by atoms with E-state index in [0.717, 1.165) is 32.1 Å². The smallest absolute Gasteiger partial charge is 0.187 e. The van der Waals surface area contributed by atoms with Crippen LogP contribution in [0, 0.1) is 0 Å². The average molecular weight is 778 g/mol. The Labute approximate surface area is 306 Å². The second-order valence-corrected chi connectivity index (χ2v) is 13.9. The van der Waals surface area contributed by atoms with E-state index < -0.39 is 143 Å². The molecule has 4 aliphatic heterocycles. The molecule has 21 nitrogen and oxygen atoms in total. The number of aliphatic hydroxyl groups excluding tert-OH is 12. The van der Waals surface area contributed by atoms with Gasteiger partial charge in [-0.05, 0) is 26.3 Å². The molecule has 8 unspecified atom stereocenters. The van der Waals surface area contributed by atoms with Gasteiger partial charge in [0.25, 0.3) is 0 Å². The van der Waals surface area contributed by atoms with E-state index in [1.54, 1.807) is 0 Å². The van der Waals surface area contributed by atoms with Crippen LogP contribution in [-0.4, -0.2) is 217 Å². The topological polar surface area (TPSA) is 343 Å². The quantitative estimate of drug-likeness (QED) is 0.0576. The number of aliphatic hydroxyl groups is 12. The van der Waals surface area contributed by atoms with Crippen LogP contribution in [0.5, 0.6) is 0 Å². The third-order valence-electron chi connectivity index (χ3n) is 10.0. The lowest BCUT2D eigenvalue weighted by Crippen LogP contribution is -2.67. The molecule has 4 heterocycles. The van der Waals surface area contributed by atoms with Crippen molar-refractivity contribution < 1.29 is 99.2 Å². The molecule has 20 atom stereocenters. The molecule has 0 aromatic carbocycles. The van der Waals surface area contributed by atoms with Gasteiger partial charge in [-0.25, -0.2) is 0 Å². The summed E-state index contributed by atoms with van der Waals surface area (Å²) in [6.07, 6.45) is -27.7. The fourth-order valence-corrected chi connectivity index (χ4v) is 6.78. The first kappa shape index (κ1) is 44.9. The summed E-state index contributed by atoms with van der Waals surface area (Å²) in [6, 6.07) is 0. The molecule has 0 aromatic rings. The third-order valence-corrected chi connectivity index (χ3v) is 10.0. The Morgan fingerprint density at radius 2 is 0.868 bits per heavy atom. The number of nitrogens with two attached hydrogens (primary N) is 1. The fraction of sp³-hybridized carbons (Fsp3) is 1.00. The van der Waals surface area contributed by atoms with Gasteiger partial charge in [0, 0.05) is 6.61 Å². The summed E-state index contributed by atoms with van der Waals surface area (Å²) in [5.74, 6) is 0. The number of unbranched alkanes of at least 4 members (excludes halogenated alkanes) is 5. The SMILES string of the molecule is CC1O[C@H](O[C@@H]2C(CO)O[C@@H](OCCCCCCCCN)C(O)[C@H]2O)C(O)[C@@H](O[C@H]2O[C@@H](CO)[C@H](O)C(O)C2O)[C@H]1O[C@@H]1OC(CO)[C@H](O)[C@H](O)C1O. The van der Waals surface area contributed by atoms with Crippen LogP contribution in [0.3, 0.4) is 0 Å². The maximum atomic E-state index is 11.6. The van der Waals surface area contributed by atoms with Crippen molar-refractivity contribution in [2.24, 2.45) is 5.73 Å². The molecule has 0 bridgehead atoms. The Morgan fingerprint density at radius 1 is 0.434 bits per heavy atom. The highest BCUT2D eigenvalue weighted by molar-refractivity contribution is 4.98. The molecule has 312 valence electrons. The summed E-state index contributed by atoms with van der Waals surface area (Å²) in [4.78, 5) is 0. The van der Waals surface area contributed by atoms with Gasteiger partial charge in [-0.2, -0.15) is 0 Å². The predicted octanol–water partition coefficient (Wildman–Crippen LogP) is -6.40. The molecule has 0 amide bonds. The molecular weight excluding hydrogens is 718 g/mol. The van der Waals surface area contributed by atoms with Gasteiger partial charge in [-0.1, -0.05) is 25.7 Å². The normalized spacial score (nSPS) is 46.8. The van der Waals surface area contributed by atoms with E-state index in [-0.39, 0.29) is 6.61 Å². The first-order valence-corrected chi connectivity index (χ1v) is 18.1. The lowest BCUT2D eigenvalue weighted by molar-refractivity contribution is -0.396. The molecule has 4 aliphatic rings. The van der Waals surface area contributed by atoms with Crippen LogP contribution < -0.4 is 5.73 Å². The van der Waals surface area contributed by atoms with Crippen molar-refractivity contribution >= 4 is 0 Å². The van der Waals surface area contributed by atoms with Crippen molar-refractivity contribution in [3.05, 3.63) is 0 Å². The van der Waals surface area contributed by atoms with Gasteiger partial charge >= 0.3 is 0 Å². The van der Waals surface area contributed by atoms with Crippen LogP contribution in [0.2, 0.25) is 0 Å². The molecular formula is C32H59NO20. The van der Waals surface area contributed by atoms with Gasteiger partial charge in [0.15, 0.2) is 25.2 Å². The van der Waals surface area contributed by atoms with Gasteiger partial charge in [-0.3, -0.25) is 0 Å². The van der Waals surface area contributed by atoms with Crippen LogP contribution in [0.4, 0.5) is 0 Å². The molecule has 0 aromatic heterocycles. The minimum absolute atomic E-state index is 0.198.